The Morgan fingerprint density at radius 2 is 2.07 bits per heavy atom. The summed E-state index contributed by atoms with van der Waals surface area (Å²) in [6.45, 7) is 6.20. The van der Waals surface area contributed by atoms with Crippen LogP contribution < -0.4 is 0 Å². The maximum atomic E-state index is 10.2. The van der Waals surface area contributed by atoms with E-state index in [0.717, 1.165) is 0 Å². The first-order valence-corrected chi connectivity index (χ1v) is 3.77. The van der Waals surface area contributed by atoms with Gasteiger partial charge < -0.3 is 14.6 Å². The minimum atomic E-state index is -0.792. The first-order valence-electron chi connectivity index (χ1n) is 3.77. The third-order valence-electron chi connectivity index (χ3n) is 1.27. The minimum Gasteiger partial charge on any atom is -0.502 e. The number of cyclic esters (lactones) is 2. The molecular weight excluding hydrogens is 204 g/mol. The summed E-state index contributed by atoms with van der Waals surface area (Å²) in [6.07, 6.45) is 0.0544. The molecule has 0 aromatic rings. The van der Waals surface area contributed by atoms with Gasteiger partial charge in [-0.05, 0) is 6.58 Å². The molecule has 0 aliphatic carbocycles. The van der Waals surface area contributed by atoms with Crippen LogP contribution >= 0.6 is 0 Å². The van der Waals surface area contributed by atoms with Gasteiger partial charge in [-0.3, -0.25) is 4.79 Å². The van der Waals surface area contributed by atoms with Crippen LogP contribution in [0, 0.1) is 0 Å². The van der Waals surface area contributed by atoms with Gasteiger partial charge in [-0.25, -0.2) is 9.59 Å². The number of esters is 3. The van der Waals surface area contributed by atoms with Crippen molar-refractivity contribution in [2.24, 2.45) is 0 Å². The molecule has 0 unspecified atom stereocenters. The van der Waals surface area contributed by atoms with Crippen molar-refractivity contribution >= 4 is 17.9 Å². The van der Waals surface area contributed by atoms with Crippen molar-refractivity contribution in [2.45, 2.75) is 6.42 Å². The molecule has 1 aliphatic rings. The predicted molar refractivity (Wildman–Crippen MR) is 48.6 cm³/mol. The van der Waals surface area contributed by atoms with Gasteiger partial charge in [-0.15, -0.1) is 0 Å². The predicted octanol–water partition coefficient (Wildman–Crippen LogP) is 0.247. The molecule has 0 amide bonds. The van der Waals surface area contributed by atoms with E-state index in [0.29, 0.717) is 0 Å². The second-order valence-electron chi connectivity index (χ2n) is 2.48. The number of methoxy groups -OCH3 is 1. The summed E-state index contributed by atoms with van der Waals surface area (Å²) in [5.74, 6) is -2.45. The summed E-state index contributed by atoms with van der Waals surface area (Å²) in [7, 11) is 1.17. The van der Waals surface area contributed by atoms with Crippen LogP contribution in [0.5, 0.6) is 0 Å². The normalized spacial score (nSPS) is 13.8. The third kappa shape index (κ3) is 4.61. The quantitative estimate of drug-likeness (QED) is 0.291. The lowest BCUT2D eigenvalue weighted by molar-refractivity contribution is -0.151. The van der Waals surface area contributed by atoms with Gasteiger partial charge in [0.1, 0.15) is 0 Å². The Morgan fingerprint density at radius 1 is 1.53 bits per heavy atom. The second-order valence-corrected chi connectivity index (χ2v) is 2.48. The van der Waals surface area contributed by atoms with E-state index in [2.05, 4.69) is 22.6 Å². The molecule has 1 fully saturated rings. The number of aliphatic hydroxyl groups is 1. The Labute approximate surface area is 85.8 Å². The highest BCUT2D eigenvalue weighted by Gasteiger charge is 2.24. The lowest BCUT2D eigenvalue weighted by atomic mass is 10.3. The van der Waals surface area contributed by atoms with Gasteiger partial charge in [-0.1, -0.05) is 6.58 Å². The largest absolute Gasteiger partial charge is 0.502 e. The standard InChI is InChI=1S/C5H4O3.C4H6O3/c1-3-2-4(6)8-5(3)7;1-3(5)4(6)7-2/h1-2H2;5H,1H2,2H3. The zero-order chi connectivity index (χ0) is 12.0. The van der Waals surface area contributed by atoms with Crippen LogP contribution in [0.2, 0.25) is 0 Å². The van der Waals surface area contributed by atoms with E-state index in [-0.39, 0.29) is 12.0 Å². The SMILES string of the molecule is C=C(O)C(=O)OC.C=C1CC(=O)OC1=O. The van der Waals surface area contributed by atoms with Crippen LogP contribution in [0.15, 0.2) is 24.5 Å². The van der Waals surface area contributed by atoms with E-state index in [9.17, 15) is 14.4 Å². The van der Waals surface area contributed by atoms with Gasteiger partial charge in [0.25, 0.3) is 0 Å². The van der Waals surface area contributed by atoms with Crippen molar-refractivity contribution in [1.82, 2.24) is 0 Å². The van der Waals surface area contributed by atoms with Crippen LogP contribution in [-0.4, -0.2) is 30.1 Å². The molecule has 82 valence electrons. The van der Waals surface area contributed by atoms with Crippen LogP contribution in [0.3, 0.4) is 0 Å². The summed E-state index contributed by atoms with van der Waals surface area (Å²) >= 11 is 0. The van der Waals surface area contributed by atoms with Crippen LogP contribution in [0.25, 0.3) is 0 Å². The molecular formula is C9H10O6. The number of hydrogen-bond donors (Lipinski definition) is 1. The summed E-state index contributed by atoms with van der Waals surface area (Å²) < 4.78 is 8.12. The number of ether oxygens (including phenoxy) is 2. The van der Waals surface area contributed by atoms with E-state index in [1.165, 1.54) is 7.11 Å². The fraction of sp³-hybridized carbons (Fsp3) is 0.222. The molecule has 0 bridgehead atoms. The van der Waals surface area contributed by atoms with E-state index in [4.69, 9.17) is 5.11 Å². The number of aliphatic hydroxyl groups excluding tert-OH is 1. The van der Waals surface area contributed by atoms with E-state index >= 15 is 0 Å². The Balaban J connectivity index is 0.000000265. The molecule has 1 aliphatic heterocycles. The zero-order valence-electron chi connectivity index (χ0n) is 8.11. The van der Waals surface area contributed by atoms with Crippen LogP contribution in [0.1, 0.15) is 6.42 Å². The van der Waals surface area contributed by atoms with Gasteiger partial charge >= 0.3 is 17.9 Å². The number of rotatable bonds is 1. The van der Waals surface area contributed by atoms with Gasteiger partial charge in [0.2, 0.25) is 0 Å². The molecule has 0 radical (unpaired) electrons. The average molecular weight is 214 g/mol. The highest BCUT2D eigenvalue weighted by Crippen LogP contribution is 2.10. The van der Waals surface area contributed by atoms with Crippen molar-refractivity contribution in [3.05, 3.63) is 24.5 Å². The van der Waals surface area contributed by atoms with Crippen LogP contribution in [-0.2, 0) is 23.9 Å². The second kappa shape index (κ2) is 5.58. The van der Waals surface area contributed by atoms with Gasteiger partial charge in [0, 0.05) is 5.57 Å². The Kier molecular flexibility index (Phi) is 4.80. The summed E-state index contributed by atoms with van der Waals surface area (Å²) in [6, 6.07) is 0. The van der Waals surface area contributed by atoms with Crippen molar-refractivity contribution in [3.8, 4) is 0 Å². The molecule has 0 spiro atoms. The van der Waals surface area contributed by atoms with Crippen molar-refractivity contribution < 1.29 is 29.0 Å². The Bertz CT molecular complexity index is 309. The zero-order valence-corrected chi connectivity index (χ0v) is 8.11. The van der Waals surface area contributed by atoms with Gasteiger partial charge in [-0.2, -0.15) is 0 Å². The molecule has 1 rings (SSSR count). The van der Waals surface area contributed by atoms with Gasteiger partial charge in [0.15, 0.2) is 5.76 Å². The molecule has 1 saturated heterocycles. The molecule has 0 aromatic carbocycles. The number of hydrogen-bond acceptors (Lipinski definition) is 6. The molecule has 0 atom stereocenters. The number of carbonyl (C=O) groups excluding carboxylic acids is 3. The lowest BCUT2D eigenvalue weighted by Gasteiger charge is -1.90. The number of carbonyl (C=O) groups is 3. The van der Waals surface area contributed by atoms with Crippen molar-refractivity contribution in [2.75, 3.05) is 7.11 Å². The van der Waals surface area contributed by atoms with Crippen molar-refractivity contribution in [1.29, 1.82) is 0 Å². The highest BCUT2D eigenvalue weighted by atomic mass is 16.6. The summed E-state index contributed by atoms with van der Waals surface area (Å²) in [4.78, 5) is 30.3. The molecule has 1 N–H and O–H groups in total. The summed E-state index contributed by atoms with van der Waals surface area (Å²) in [5.41, 5.74) is 0.245. The molecule has 6 nitrogen and oxygen atoms in total. The summed E-state index contributed by atoms with van der Waals surface area (Å²) in [5, 5.41) is 8.15. The third-order valence-corrected chi connectivity index (χ3v) is 1.27. The van der Waals surface area contributed by atoms with Crippen molar-refractivity contribution in [3.63, 3.8) is 0 Å². The fourth-order valence-electron chi connectivity index (χ4n) is 0.576. The molecule has 15 heavy (non-hydrogen) atoms. The monoisotopic (exact) mass is 214 g/mol. The fourth-order valence-corrected chi connectivity index (χ4v) is 0.576. The van der Waals surface area contributed by atoms with Gasteiger partial charge in [0.05, 0.1) is 13.5 Å². The Morgan fingerprint density at radius 3 is 2.13 bits per heavy atom. The van der Waals surface area contributed by atoms with E-state index in [1.807, 2.05) is 0 Å². The first-order chi connectivity index (χ1) is 6.88. The Hall–Kier alpha value is -2.11. The highest BCUT2D eigenvalue weighted by molar-refractivity contribution is 6.05. The average Bonchev–Trinajstić information content (AvgIpc) is 2.43. The maximum Gasteiger partial charge on any atom is 0.372 e. The first kappa shape index (κ1) is 12.9. The lowest BCUT2D eigenvalue weighted by Crippen LogP contribution is -2.01. The van der Waals surface area contributed by atoms with E-state index < -0.39 is 23.7 Å². The molecule has 0 aromatic heterocycles. The maximum absolute atomic E-state index is 10.2. The topological polar surface area (TPSA) is 89.9 Å². The molecule has 0 saturated carbocycles. The minimum absolute atomic E-state index is 0.0544. The molecule has 6 heteroatoms. The molecule has 1 heterocycles. The van der Waals surface area contributed by atoms with E-state index in [1.54, 1.807) is 0 Å². The smallest absolute Gasteiger partial charge is 0.372 e. The van der Waals surface area contributed by atoms with Crippen LogP contribution in [0.4, 0.5) is 0 Å².